The van der Waals surface area contributed by atoms with Crippen LogP contribution in [0.1, 0.15) is 54.6 Å². The molecule has 2 aromatic heterocycles. The van der Waals surface area contributed by atoms with Crippen molar-refractivity contribution in [3.05, 3.63) is 23.0 Å². The highest BCUT2D eigenvalue weighted by Gasteiger charge is 2.33. The maximum absolute atomic E-state index is 12.9. The lowest BCUT2D eigenvalue weighted by atomic mass is 10.1. The number of hydrogen-bond donors (Lipinski definition) is 1. The summed E-state index contributed by atoms with van der Waals surface area (Å²) in [6.07, 6.45) is 4.61. The maximum Gasteiger partial charge on any atom is 0.244 e. The first-order valence-electron chi connectivity index (χ1n) is 8.81. The van der Waals surface area contributed by atoms with Crippen molar-refractivity contribution in [2.75, 3.05) is 0 Å². The van der Waals surface area contributed by atoms with Gasteiger partial charge < -0.3 is 4.57 Å². The molecule has 8 nitrogen and oxygen atoms in total. The molecule has 2 aliphatic rings. The molecule has 136 valence electrons. The van der Waals surface area contributed by atoms with E-state index >= 15 is 0 Å². The molecule has 0 bridgehead atoms. The first-order valence-corrected chi connectivity index (χ1v) is 10.3. The number of nitrogens with one attached hydrogen (secondary N) is 1. The third kappa shape index (κ3) is 2.99. The second-order valence-corrected chi connectivity index (χ2v) is 8.82. The van der Waals surface area contributed by atoms with Crippen molar-refractivity contribution in [1.29, 1.82) is 0 Å². The lowest BCUT2D eigenvalue weighted by Crippen LogP contribution is -2.35. The molecule has 0 radical (unpaired) electrons. The summed E-state index contributed by atoms with van der Waals surface area (Å²) in [6.45, 7) is 4.29. The average molecular weight is 364 g/mol. The van der Waals surface area contributed by atoms with Gasteiger partial charge in [-0.3, -0.25) is 4.68 Å². The molecule has 1 fully saturated rings. The maximum atomic E-state index is 12.9. The van der Waals surface area contributed by atoms with E-state index in [0.29, 0.717) is 22.2 Å². The van der Waals surface area contributed by atoms with Crippen LogP contribution in [0, 0.1) is 13.8 Å². The first-order chi connectivity index (χ1) is 11.9. The van der Waals surface area contributed by atoms with E-state index in [2.05, 4.69) is 24.6 Å². The number of fused-ring (bicyclic) bond motifs is 1. The summed E-state index contributed by atoms with van der Waals surface area (Å²) in [6, 6.07) is -0.0993. The van der Waals surface area contributed by atoms with Gasteiger partial charge in [-0.05, 0) is 39.5 Å². The molecule has 0 saturated heterocycles. The number of hydrogen-bond acceptors (Lipinski definition) is 5. The van der Waals surface area contributed by atoms with Crippen molar-refractivity contribution < 1.29 is 8.42 Å². The van der Waals surface area contributed by atoms with Crippen LogP contribution in [0.25, 0.3) is 0 Å². The SMILES string of the molecule is Cc1nn(C)c(C)c1S(=O)(=O)NC1CCc2nnc(C3CC3)n2CC1. The highest BCUT2D eigenvalue weighted by molar-refractivity contribution is 7.89. The lowest BCUT2D eigenvalue weighted by molar-refractivity contribution is 0.492. The number of sulfonamides is 1. The number of rotatable bonds is 4. The molecule has 9 heteroatoms. The molecule has 25 heavy (non-hydrogen) atoms. The molecule has 1 N–H and O–H groups in total. The van der Waals surface area contributed by atoms with E-state index in [1.165, 1.54) is 12.8 Å². The van der Waals surface area contributed by atoms with E-state index in [4.69, 9.17) is 0 Å². The van der Waals surface area contributed by atoms with Crippen LogP contribution in [0.3, 0.4) is 0 Å². The van der Waals surface area contributed by atoms with Crippen molar-refractivity contribution >= 4 is 10.0 Å². The summed E-state index contributed by atoms with van der Waals surface area (Å²) in [5.74, 6) is 2.62. The van der Waals surface area contributed by atoms with Gasteiger partial charge in [0.25, 0.3) is 0 Å². The fraction of sp³-hybridized carbons (Fsp3) is 0.688. The topological polar surface area (TPSA) is 94.7 Å². The first kappa shape index (κ1) is 16.7. The standard InChI is InChI=1S/C16H24N6O2S/c1-10-15(11(2)21(3)19-10)25(23,24)20-13-6-7-14-17-18-16(12-4-5-12)22(14)9-8-13/h12-13,20H,4-9H2,1-3H3. The predicted octanol–water partition coefficient (Wildman–Crippen LogP) is 1.19. The Labute approximate surface area is 147 Å². The van der Waals surface area contributed by atoms with E-state index in [0.717, 1.165) is 37.5 Å². The Morgan fingerprint density at radius 2 is 1.88 bits per heavy atom. The fourth-order valence-corrected chi connectivity index (χ4v) is 5.44. The molecular weight excluding hydrogens is 340 g/mol. The van der Waals surface area contributed by atoms with E-state index in [1.54, 1.807) is 25.6 Å². The molecular formula is C16H24N6O2S. The Balaban J connectivity index is 1.52. The van der Waals surface area contributed by atoms with Crippen LogP contribution in [0.15, 0.2) is 4.90 Å². The van der Waals surface area contributed by atoms with E-state index in [9.17, 15) is 8.42 Å². The van der Waals surface area contributed by atoms with Crippen LogP contribution in [-0.4, -0.2) is 39.0 Å². The molecule has 2 aromatic rings. The lowest BCUT2D eigenvalue weighted by Gasteiger charge is -2.16. The minimum Gasteiger partial charge on any atom is -0.315 e. The molecule has 1 aliphatic heterocycles. The predicted molar refractivity (Wildman–Crippen MR) is 91.7 cm³/mol. The molecule has 1 unspecified atom stereocenters. The summed E-state index contributed by atoms with van der Waals surface area (Å²) in [7, 11) is -1.82. The summed E-state index contributed by atoms with van der Waals surface area (Å²) < 4.78 is 32.4. The van der Waals surface area contributed by atoms with Gasteiger partial charge in [-0.2, -0.15) is 5.10 Å². The second-order valence-electron chi connectivity index (χ2n) is 7.17. The van der Waals surface area contributed by atoms with Crippen LogP contribution >= 0.6 is 0 Å². The highest BCUT2D eigenvalue weighted by Crippen LogP contribution is 2.39. The summed E-state index contributed by atoms with van der Waals surface area (Å²) in [4.78, 5) is 0.303. The minimum atomic E-state index is -3.58. The monoisotopic (exact) mass is 364 g/mol. The van der Waals surface area contributed by atoms with Crippen LogP contribution in [0.4, 0.5) is 0 Å². The molecule has 0 amide bonds. The quantitative estimate of drug-likeness (QED) is 0.879. The van der Waals surface area contributed by atoms with Gasteiger partial charge in [-0.1, -0.05) is 0 Å². The molecule has 3 heterocycles. The van der Waals surface area contributed by atoms with Gasteiger partial charge in [0.1, 0.15) is 16.5 Å². The Kier molecular flexibility index (Phi) is 3.95. The molecule has 1 atom stereocenters. The van der Waals surface area contributed by atoms with Gasteiger partial charge in [0.15, 0.2) is 0 Å². The van der Waals surface area contributed by atoms with Crippen molar-refractivity contribution in [3.8, 4) is 0 Å². The fourth-order valence-electron chi connectivity index (χ4n) is 3.69. The van der Waals surface area contributed by atoms with Gasteiger partial charge in [-0.25, -0.2) is 13.1 Å². The van der Waals surface area contributed by atoms with Gasteiger partial charge in [0, 0.05) is 32.0 Å². The van der Waals surface area contributed by atoms with Crippen LogP contribution in [0.5, 0.6) is 0 Å². The smallest absolute Gasteiger partial charge is 0.244 e. The third-order valence-electron chi connectivity index (χ3n) is 5.25. The van der Waals surface area contributed by atoms with Crippen LogP contribution < -0.4 is 4.72 Å². The number of aromatic nitrogens is 5. The number of aryl methyl sites for hydroxylation is 3. The molecule has 0 aromatic carbocycles. The zero-order valence-electron chi connectivity index (χ0n) is 14.9. The van der Waals surface area contributed by atoms with Crippen LogP contribution in [0.2, 0.25) is 0 Å². The Bertz CT molecular complexity index is 909. The van der Waals surface area contributed by atoms with Gasteiger partial charge >= 0.3 is 0 Å². The second kappa shape index (κ2) is 5.91. The van der Waals surface area contributed by atoms with Crippen molar-refractivity contribution in [2.24, 2.45) is 7.05 Å². The van der Waals surface area contributed by atoms with E-state index in [1.807, 2.05) is 0 Å². The highest BCUT2D eigenvalue weighted by atomic mass is 32.2. The Hall–Kier alpha value is -1.74. The minimum absolute atomic E-state index is 0.0993. The van der Waals surface area contributed by atoms with Crippen LogP contribution in [-0.2, 0) is 30.0 Å². The van der Waals surface area contributed by atoms with Crippen molar-refractivity contribution in [1.82, 2.24) is 29.3 Å². The van der Waals surface area contributed by atoms with Gasteiger partial charge in [0.2, 0.25) is 10.0 Å². The summed E-state index contributed by atoms with van der Waals surface area (Å²) in [5.41, 5.74) is 1.20. The number of nitrogens with zero attached hydrogens (tertiary/aromatic N) is 5. The Morgan fingerprint density at radius 1 is 1.12 bits per heavy atom. The van der Waals surface area contributed by atoms with Crippen molar-refractivity contribution in [3.63, 3.8) is 0 Å². The zero-order chi connectivity index (χ0) is 17.8. The summed E-state index contributed by atoms with van der Waals surface area (Å²) in [5, 5.41) is 12.9. The van der Waals surface area contributed by atoms with E-state index in [-0.39, 0.29) is 6.04 Å². The van der Waals surface area contributed by atoms with Crippen molar-refractivity contribution in [2.45, 2.75) is 69.4 Å². The van der Waals surface area contributed by atoms with Gasteiger partial charge in [0.05, 0.1) is 11.4 Å². The Morgan fingerprint density at radius 3 is 2.52 bits per heavy atom. The third-order valence-corrected chi connectivity index (χ3v) is 7.02. The molecule has 0 spiro atoms. The zero-order valence-corrected chi connectivity index (χ0v) is 15.7. The normalized spacial score (nSPS) is 21.2. The molecule has 1 saturated carbocycles. The largest absolute Gasteiger partial charge is 0.315 e. The molecule has 1 aliphatic carbocycles. The van der Waals surface area contributed by atoms with Gasteiger partial charge in [-0.15, -0.1) is 10.2 Å². The average Bonchev–Trinajstić information content (AvgIpc) is 3.28. The molecule has 4 rings (SSSR count). The van der Waals surface area contributed by atoms with E-state index < -0.39 is 10.0 Å². The summed E-state index contributed by atoms with van der Waals surface area (Å²) >= 11 is 0.